The summed E-state index contributed by atoms with van der Waals surface area (Å²) in [6.45, 7) is 0. The van der Waals surface area contributed by atoms with Crippen molar-refractivity contribution in [3.05, 3.63) is 111 Å². The Morgan fingerprint density at radius 2 is 1.42 bits per heavy atom. The molecule has 0 saturated carbocycles. The highest BCUT2D eigenvalue weighted by Gasteiger charge is 2.32. The number of H-pyrrole nitrogens is 1. The summed E-state index contributed by atoms with van der Waals surface area (Å²) in [5.74, 6) is -1.58. The summed E-state index contributed by atoms with van der Waals surface area (Å²) in [5, 5.41) is 6.65. The maximum absolute atomic E-state index is 13.1. The normalized spacial score (nSPS) is 12.3. The molecule has 150 valence electrons. The summed E-state index contributed by atoms with van der Waals surface area (Å²) in [4.78, 5) is 53.3. The molecular weight excluding hydrogens is 396 g/mol. The Kier molecular flexibility index (Phi) is 4.18. The number of hydrogen-bond donors (Lipinski definition) is 2. The third kappa shape index (κ3) is 2.98. The number of amides is 1. The Hall–Kier alpha value is -4.59. The van der Waals surface area contributed by atoms with Crippen molar-refractivity contribution < 1.29 is 14.4 Å². The van der Waals surface area contributed by atoms with Crippen LogP contribution in [0, 0.1) is 0 Å². The molecule has 1 heterocycles. The van der Waals surface area contributed by atoms with Crippen molar-refractivity contribution in [2.24, 2.45) is 0 Å². The number of anilines is 1. The number of hydrogen-bond acceptors (Lipinski definition) is 5. The van der Waals surface area contributed by atoms with E-state index in [0.717, 1.165) is 4.68 Å². The summed E-state index contributed by atoms with van der Waals surface area (Å²) in [6, 6.07) is 19.9. The molecule has 3 aromatic carbocycles. The van der Waals surface area contributed by atoms with E-state index in [4.69, 9.17) is 0 Å². The molecular formula is C23H14N4O4. The number of para-hydroxylation sites is 1. The first kappa shape index (κ1) is 18.4. The third-order valence-corrected chi connectivity index (χ3v) is 5.03. The van der Waals surface area contributed by atoms with Crippen molar-refractivity contribution in [2.75, 3.05) is 5.32 Å². The number of aromatic amines is 1. The summed E-state index contributed by atoms with van der Waals surface area (Å²) in [5.41, 5.74) is 1.03. The van der Waals surface area contributed by atoms with Gasteiger partial charge in [0.05, 0.1) is 16.9 Å². The lowest BCUT2D eigenvalue weighted by molar-refractivity contribution is 0.0978. The first-order chi connectivity index (χ1) is 15.0. The van der Waals surface area contributed by atoms with Crippen LogP contribution in [-0.4, -0.2) is 32.2 Å². The number of benzene rings is 3. The molecule has 1 aliphatic rings. The number of fused-ring (bicyclic) bond motifs is 2. The summed E-state index contributed by atoms with van der Waals surface area (Å²) < 4.78 is 1.07. The van der Waals surface area contributed by atoms with Crippen molar-refractivity contribution in [3.8, 4) is 5.69 Å². The first-order valence-electron chi connectivity index (χ1n) is 9.42. The second kappa shape index (κ2) is 7.03. The highest BCUT2D eigenvalue weighted by molar-refractivity contribution is 6.30. The van der Waals surface area contributed by atoms with Crippen LogP contribution in [0.3, 0.4) is 0 Å². The van der Waals surface area contributed by atoms with Crippen LogP contribution in [0.15, 0.2) is 77.6 Å². The van der Waals surface area contributed by atoms with E-state index in [-0.39, 0.29) is 39.8 Å². The van der Waals surface area contributed by atoms with Crippen LogP contribution in [0.25, 0.3) is 5.69 Å². The lowest BCUT2D eigenvalue weighted by Crippen LogP contribution is -2.24. The summed E-state index contributed by atoms with van der Waals surface area (Å²) in [7, 11) is 0. The number of nitrogens with one attached hydrogen (secondary N) is 2. The van der Waals surface area contributed by atoms with E-state index in [1.807, 2.05) is 0 Å². The molecule has 0 radical (unpaired) electrons. The molecule has 1 aromatic heterocycles. The van der Waals surface area contributed by atoms with Crippen molar-refractivity contribution >= 4 is 23.2 Å². The highest BCUT2D eigenvalue weighted by Crippen LogP contribution is 2.32. The molecule has 0 bridgehead atoms. The van der Waals surface area contributed by atoms with Crippen molar-refractivity contribution in [2.45, 2.75) is 0 Å². The molecule has 2 N–H and O–H groups in total. The Balaban J connectivity index is 1.51. The number of aromatic nitrogens is 3. The summed E-state index contributed by atoms with van der Waals surface area (Å²) >= 11 is 0. The van der Waals surface area contributed by atoms with Crippen LogP contribution >= 0.6 is 0 Å². The monoisotopic (exact) mass is 410 g/mol. The zero-order chi connectivity index (χ0) is 21.5. The van der Waals surface area contributed by atoms with Gasteiger partial charge in [0.1, 0.15) is 0 Å². The fraction of sp³-hybridized carbons (Fsp3) is 0. The minimum absolute atomic E-state index is 0.115. The Bertz CT molecular complexity index is 1430. The van der Waals surface area contributed by atoms with Crippen molar-refractivity contribution in [3.63, 3.8) is 0 Å². The Labute approximate surface area is 175 Å². The largest absolute Gasteiger partial charge is 0.348 e. The maximum Gasteiger partial charge on any atom is 0.348 e. The van der Waals surface area contributed by atoms with Crippen molar-refractivity contribution in [1.82, 2.24) is 14.8 Å². The first-order valence-corrected chi connectivity index (χ1v) is 9.42. The molecule has 0 spiro atoms. The van der Waals surface area contributed by atoms with E-state index in [1.165, 1.54) is 6.07 Å². The molecule has 8 heteroatoms. The fourth-order valence-corrected chi connectivity index (χ4v) is 3.60. The zero-order valence-electron chi connectivity index (χ0n) is 16.0. The van der Waals surface area contributed by atoms with Crippen LogP contribution in [-0.2, 0) is 0 Å². The average molecular weight is 410 g/mol. The van der Waals surface area contributed by atoms with Crippen LogP contribution in [0.4, 0.5) is 5.69 Å². The molecule has 0 saturated heterocycles. The van der Waals surface area contributed by atoms with Gasteiger partial charge in [-0.1, -0.05) is 54.6 Å². The lowest BCUT2D eigenvalue weighted by atomic mass is 9.83. The van der Waals surface area contributed by atoms with Crippen LogP contribution in [0.5, 0.6) is 0 Å². The van der Waals surface area contributed by atoms with Gasteiger partial charge in [0, 0.05) is 16.7 Å². The van der Waals surface area contributed by atoms with E-state index >= 15 is 0 Å². The van der Waals surface area contributed by atoms with Crippen LogP contribution in [0.1, 0.15) is 42.5 Å². The molecule has 0 atom stereocenters. The van der Waals surface area contributed by atoms with Gasteiger partial charge in [-0.05, 0) is 18.2 Å². The van der Waals surface area contributed by atoms with Gasteiger partial charge in [0.2, 0.25) is 5.82 Å². The number of ketones is 2. The number of carbonyl (C=O) groups excluding carboxylic acids is 3. The van der Waals surface area contributed by atoms with Crippen LogP contribution in [0.2, 0.25) is 0 Å². The second-order valence-corrected chi connectivity index (χ2v) is 6.91. The maximum atomic E-state index is 13.1. The third-order valence-electron chi connectivity index (χ3n) is 5.03. The van der Waals surface area contributed by atoms with E-state index in [2.05, 4.69) is 15.4 Å². The topological polar surface area (TPSA) is 114 Å². The van der Waals surface area contributed by atoms with Crippen molar-refractivity contribution in [1.29, 1.82) is 0 Å². The van der Waals surface area contributed by atoms with Crippen LogP contribution < -0.4 is 11.0 Å². The minimum Gasteiger partial charge on any atom is -0.319 e. The standard InChI is InChI=1S/C23H14N4O4/c28-19-14-9-4-5-10-15(14)20(29)18-16(19)11-6-12-17(18)24-22(30)21-25-23(31)27(26-21)13-7-2-1-3-8-13/h1-12H,(H,24,30)(H,25,26,31). The average Bonchev–Trinajstić information content (AvgIpc) is 3.20. The zero-order valence-corrected chi connectivity index (χ0v) is 16.0. The van der Waals surface area contributed by atoms with E-state index in [9.17, 15) is 19.2 Å². The number of nitrogens with zero attached hydrogens (tertiary/aromatic N) is 2. The van der Waals surface area contributed by atoms with E-state index in [1.54, 1.807) is 66.7 Å². The molecule has 1 aliphatic carbocycles. The predicted molar refractivity (Wildman–Crippen MR) is 112 cm³/mol. The highest BCUT2D eigenvalue weighted by atomic mass is 16.2. The molecule has 1 amide bonds. The fourth-order valence-electron chi connectivity index (χ4n) is 3.60. The number of rotatable bonds is 3. The van der Waals surface area contributed by atoms with Gasteiger partial charge in [-0.25, -0.2) is 4.79 Å². The van der Waals surface area contributed by atoms with Gasteiger partial charge >= 0.3 is 5.69 Å². The van der Waals surface area contributed by atoms with Gasteiger partial charge in [-0.2, -0.15) is 4.68 Å². The number of carbonyl (C=O) groups is 3. The molecule has 5 rings (SSSR count). The molecule has 0 aliphatic heterocycles. The lowest BCUT2D eigenvalue weighted by Gasteiger charge is -2.20. The van der Waals surface area contributed by atoms with Gasteiger partial charge in [-0.15, -0.1) is 5.10 Å². The van der Waals surface area contributed by atoms with Gasteiger partial charge < -0.3 is 5.32 Å². The Morgan fingerprint density at radius 3 is 2.16 bits per heavy atom. The smallest absolute Gasteiger partial charge is 0.319 e. The molecule has 0 fully saturated rings. The van der Waals surface area contributed by atoms with Gasteiger partial charge in [0.25, 0.3) is 5.91 Å². The summed E-state index contributed by atoms with van der Waals surface area (Å²) in [6.07, 6.45) is 0. The minimum atomic E-state index is -0.709. The second-order valence-electron chi connectivity index (χ2n) is 6.91. The SMILES string of the molecule is O=C(Nc1cccc2c1C(=O)c1ccccc1C2=O)c1nn(-c2ccccc2)c(=O)[nH]1. The molecule has 4 aromatic rings. The molecule has 31 heavy (non-hydrogen) atoms. The Morgan fingerprint density at radius 1 is 0.774 bits per heavy atom. The predicted octanol–water partition coefficient (Wildman–Crippen LogP) is 2.59. The van der Waals surface area contributed by atoms with E-state index in [0.29, 0.717) is 11.3 Å². The van der Waals surface area contributed by atoms with Gasteiger partial charge in [-0.3, -0.25) is 19.4 Å². The molecule has 8 nitrogen and oxygen atoms in total. The quantitative estimate of drug-likeness (QED) is 0.475. The van der Waals surface area contributed by atoms with Gasteiger partial charge in [0.15, 0.2) is 11.6 Å². The van der Waals surface area contributed by atoms with E-state index < -0.39 is 11.6 Å². The molecule has 0 unspecified atom stereocenters.